The predicted molar refractivity (Wildman–Crippen MR) is 82.9 cm³/mol. The van der Waals surface area contributed by atoms with Gasteiger partial charge in [0.2, 0.25) is 0 Å². The second-order valence-electron chi connectivity index (χ2n) is 5.01. The fraction of sp³-hybridized carbons (Fsp3) is 0.176. The molecular weight excluding hydrogens is 320 g/mol. The number of carbonyl (C=O) groups excluding carboxylic acids is 1. The zero-order valence-electron chi connectivity index (χ0n) is 12.6. The average molecular weight is 335 g/mol. The largest absolute Gasteiger partial charge is 0.478 e. The van der Waals surface area contributed by atoms with Crippen LogP contribution in [0.5, 0.6) is 0 Å². The minimum Gasteiger partial charge on any atom is -0.478 e. The normalized spacial score (nSPS) is 10.4. The van der Waals surface area contributed by atoms with Crippen molar-refractivity contribution in [2.24, 2.45) is 0 Å². The lowest BCUT2D eigenvalue weighted by Crippen LogP contribution is -2.19. The molecule has 0 aromatic heterocycles. The molecule has 2 rings (SSSR count). The molecular formula is C17H15F2NO4. The molecule has 0 radical (unpaired) electrons. The van der Waals surface area contributed by atoms with Crippen LogP contribution in [0.15, 0.2) is 42.5 Å². The van der Waals surface area contributed by atoms with Crippen LogP contribution in [0.4, 0.5) is 14.5 Å². The number of anilines is 1. The zero-order chi connectivity index (χ0) is 17.5. The average Bonchev–Trinajstić information content (AvgIpc) is 2.55. The fourth-order valence-electron chi connectivity index (χ4n) is 1.93. The summed E-state index contributed by atoms with van der Waals surface area (Å²) >= 11 is 0. The molecule has 0 aliphatic carbocycles. The smallest absolute Gasteiger partial charge is 0.335 e. The summed E-state index contributed by atoms with van der Waals surface area (Å²) < 4.78 is 31.2. The van der Waals surface area contributed by atoms with Gasteiger partial charge >= 0.3 is 5.97 Å². The molecule has 0 heterocycles. The molecule has 0 unspecified atom stereocenters. The second-order valence-corrected chi connectivity index (χ2v) is 5.01. The standard InChI is InChI=1S/C17H15F2NO4/c18-13-5-4-12(16(19)7-13)9-24-10-15(21)8-20-14-3-1-2-11(6-14)17(22)23/h1-7,20H,8-10H2,(H,22,23). The molecule has 0 aliphatic rings. The first kappa shape index (κ1) is 17.6. The van der Waals surface area contributed by atoms with E-state index in [1.54, 1.807) is 12.1 Å². The number of benzene rings is 2. The highest BCUT2D eigenvalue weighted by Gasteiger charge is 2.07. The molecule has 0 aliphatic heterocycles. The molecule has 0 saturated heterocycles. The van der Waals surface area contributed by atoms with Gasteiger partial charge in [0, 0.05) is 17.3 Å². The van der Waals surface area contributed by atoms with Gasteiger partial charge in [0.25, 0.3) is 0 Å². The molecule has 0 spiro atoms. The van der Waals surface area contributed by atoms with Crippen LogP contribution in [0.25, 0.3) is 0 Å². The van der Waals surface area contributed by atoms with Gasteiger partial charge in [-0.2, -0.15) is 0 Å². The van der Waals surface area contributed by atoms with Gasteiger partial charge < -0.3 is 15.2 Å². The molecule has 24 heavy (non-hydrogen) atoms. The second kappa shape index (κ2) is 8.16. The van der Waals surface area contributed by atoms with Crippen LogP contribution in [0, 0.1) is 11.6 Å². The monoisotopic (exact) mass is 335 g/mol. The molecule has 0 bridgehead atoms. The summed E-state index contributed by atoms with van der Waals surface area (Å²) in [5.41, 5.74) is 0.759. The Kier molecular flexibility index (Phi) is 5.97. The third kappa shape index (κ3) is 5.13. The van der Waals surface area contributed by atoms with Gasteiger partial charge in [-0.05, 0) is 24.3 Å². The zero-order valence-corrected chi connectivity index (χ0v) is 12.6. The van der Waals surface area contributed by atoms with Crippen LogP contribution in [0.1, 0.15) is 15.9 Å². The quantitative estimate of drug-likeness (QED) is 0.776. The Morgan fingerprint density at radius 3 is 2.62 bits per heavy atom. The van der Waals surface area contributed by atoms with Crippen LogP contribution in [0.3, 0.4) is 0 Å². The SMILES string of the molecule is O=C(CNc1cccc(C(=O)O)c1)COCc1ccc(F)cc1F. The van der Waals surface area contributed by atoms with Crippen molar-refractivity contribution in [2.75, 3.05) is 18.5 Å². The summed E-state index contributed by atoms with van der Waals surface area (Å²) in [6.07, 6.45) is 0. The number of nitrogens with one attached hydrogen (secondary N) is 1. The van der Waals surface area contributed by atoms with E-state index in [-0.39, 0.29) is 36.7 Å². The highest BCUT2D eigenvalue weighted by Crippen LogP contribution is 2.11. The van der Waals surface area contributed by atoms with Crippen LogP contribution in [-0.4, -0.2) is 30.0 Å². The van der Waals surface area contributed by atoms with Gasteiger partial charge in [0.15, 0.2) is 5.78 Å². The van der Waals surface area contributed by atoms with Crippen molar-refractivity contribution < 1.29 is 28.2 Å². The van der Waals surface area contributed by atoms with Crippen LogP contribution >= 0.6 is 0 Å². The van der Waals surface area contributed by atoms with E-state index >= 15 is 0 Å². The van der Waals surface area contributed by atoms with E-state index in [9.17, 15) is 18.4 Å². The van der Waals surface area contributed by atoms with Crippen molar-refractivity contribution in [1.29, 1.82) is 0 Å². The summed E-state index contributed by atoms with van der Waals surface area (Å²) in [6, 6.07) is 9.15. The Morgan fingerprint density at radius 2 is 1.92 bits per heavy atom. The van der Waals surface area contributed by atoms with Crippen molar-refractivity contribution in [3.8, 4) is 0 Å². The maximum atomic E-state index is 13.4. The van der Waals surface area contributed by atoms with Crippen LogP contribution in [-0.2, 0) is 16.1 Å². The molecule has 0 saturated carbocycles. The number of rotatable bonds is 8. The van der Waals surface area contributed by atoms with E-state index < -0.39 is 17.6 Å². The molecule has 7 heteroatoms. The predicted octanol–water partition coefficient (Wildman–Crippen LogP) is 2.86. The van der Waals surface area contributed by atoms with Crippen molar-refractivity contribution in [3.05, 3.63) is 65.2 Å². The molecule has 0 atom stereocenters. The van der Waals surface area contributed by atoms with E-state index in [2.05, 4.69) is 5.32 Å². The van der Waals surface area contributed by atoms with E-state index in [4.69, 9.17) is 9.84 Å². The maximum absolute atomic E-state index is 13.4. The van der Waals surface area contributed by atoms with Crippen molar-refractivity contribution in [2.45, 2.75) is 6.61 Å². The summed E-state index contributed by atoms with van der Waals surface area (Å²) in [6.45, 7) is -0.455. The van der Waals surface area contributed by atoms with Gasteiger partial charge in [0.1, 0.15) is 18.2 Å². The number of Topliss-reactive ketones (excluding diaryl/α,β-unsaturated/α-hetero) is 1. The topological polar surface area (TPSA) is 75.6 Å². The number of hydrogen-bond acceptors (Lipinski definition) is 4. The molecule has 2 aromatic carbocycles. The Morgan fingerprint density at radius 1 is 1.12 bits per heavy atom. The number of carboxylic acid groups (broad SMARTS) is 1. The molecule has 0 fully saturated rings. The number of carbonyl (C=O) groups is 2. The fourth-order valence-corrected chi connectivity index (χ4v) is 1.93. The van der Waals surface area contributed by atoms with Crippen LogP contribution in [0.2, 0.25) is 0 Å². The molecule has 126 valence electrons. The summed E-state index contributed by atoms with van der Waals surface area (Å²) in [5, 5.41) is 11.7. The maximum Gasteiger partial charge on any atom is 0.335 e. The number of halogens is 2. The van der Waals surface area contributed by atoms with Gasteiger partial charge in [-0.15, -0.1) is 0 Å². The molecule has 5 nitrogen and oxygen atoms in total. The first-order valence-corrected chi connectivity index (χ1v) is 7.06. The van der Waals surface area contributed by atoms with Crippen molar-refractivity contribution in [1.82, 2.24) is 0 Å². The minimum atomic E-state index is -1.06. The van der Waals surface area contributed by atoms with E-state index in [1.807, 2.05) is 0 Å². The lowest BCUT2D eigenvalue weighted by Gasteiger charge is -2.08. The lowest BCUT2D eigenvalue weighted by atomic mass is 10.2. The molecule has 0 amide bonds. The van der Waals surface area contributed by atoms with Gasteiger partial charge in [0.05, 0.1) is 18.7 Å². The van der Waals surface area contributed by atoms with Crippen LogP contribution < -0.4 is 5.32 Å². The van der Waals surface area contributed by atoms with E-state index in [0.29, 0.717) is 5.69 Å². The summed E-state index contributed by atoms with van der Waals surface area (Å²) in [4.78, 5) is 22.6. The lowest BCUT2D eigenvalue weighted by molar-refractivity contribution is -0.122. The van der Waals surface area contributed by atoms with Gasteiger partial charge in [-0.1, -0.05) is 12.1 Å². The Bertz CT molecular complexity index is 749. The summed E-state index contributed by atoms with van der Waals surface area (Å²) in [5.74, 6) is -2.76. The first-order chi connectivity index (χ1) is 11.5. The first-order valence-electron chi connectivity index (χ1n) is 7.06. The molecule has 2 N–H and O–H groups in total. The van der Waals surface area contributed by atoms with Gasteiger partial charge in [-0.25, -0.2) is 13.6 Å². The highest BCUT2D eigenvalue weighted by atomic mass is 19.1. The number of ether oxygens (including phenoxy) is 1. The number of carboxylic acids is 1. The van der Waals surface area contributed by atoms with E-state index in [0.717, 1.165) is 12.1 Å². The number of ketones is 1. The third-order valence-electron chi connectivity index (χ3n) is 3.13. The third-order valence-corrected chi connectivity index (χ3v) is 3.13. The van der Waals surface area contributed by atoms with E-state index in [1.165, 1.54) is 18.2 Å². The Hall–Kier alpha value is -2.80. The Labute approximate surface area is 136 Å². The number of hydrogen-bond donors (Lipinski definition) is 2. The summed E-state index contributed by atoms with van der Waals surface area (Å²) in [7, 11) is 0. The van der Waals surface area contributed by atoms with Crippen molar-refractivity contribution in [3.63, 3.8) is 0 Å². The minimum absolute atomic E-state index is 0.0605. The number of aromatic carboxylic acids is 1. The molecule has 2 aromatic rings. The van der Waals surface area contributed by atoms with Gasteiger partial charge in [-0.3, -0.25) is 4.79 Å². The highest BCUT2D eigenvalue weighted by molar-refractivity contribution is 5.89. The Balaban J connectivity index is 1.77. The van der Waals surface area contributed by atoms with Crippen molar-refractivity contribution >= 4 is 17.4 Å².